The Morgan fingerprint density at radius 3 is 2.88 bits per heavy atom. The van der Waals surface area contributed by atoms with E-state index < -0.39 is 0 Å². The van der Waals surface area contributed by atoms with Crippen molar-refractivity contribution in [1.82, 2.24) is 9.55 Å². The van der Waals surface area contributed by atoms with Gasteiger partial charge in [-0.25, -0.2) is 4.98 Å². The van der Waals surface area contributed by atoms with Gasteiger partial charge in [0, 0.05) is 31.8 Å². The van der Waals surface area contributed by atoms with Crippen LogP contribution < -0.4 is 5.73 Å². The fraction of sp³-hybridized carbons (Fsp3) is 0.600. The number of rotatable bonds is 5. The van der Waals surface area contributed by atoms with Gasteiger partial charge in [-0.2, -0.15) is 0 Å². The molecule has 2 N–H and O–H groups in total. The molecule has 6 heteroatoms. The Balaban J connectivity index is 2.19. The van der Waals surface area contributed by atoms with Crippen molar-refractivity contribution in [2.45, 2.75) is 18.5 Å². The van der Waals surface area contributed by atoms with E-state index >= 15 is 0 Å². The monoisotopic (exact) mass is 258 g/mol. The van der Waals surface area contributed by atoms with Crippen molar-refractivity contribution in [3.05, 3.63) is 11.9 Å². The Kier molecular flexibility index (Phi) is 5.76. The molecule has 0 saturated heterocycles. The van der Waals surface area contributed by atoms with Crippen LogP contribution in [0.15, 0.2) is 16.3 Å². The minimum atomic E-state index is 0.665. The van der Waals surface area contributed by atoms with Gasteiger partial charge in [-0.1, -0.05) is 23.5 Å². The summed E-state index contributed by atoms with van der Waals surface area (Å²) in [5.41, 5.74) is 6.65. The maximum absolute atomic E-state index is 5.58. The van der Waals surface area contributed by atoms with Crippen LogP contribution in [0.3, 0.4) is 0 Å². The van der Waals surface area contributed by atoms with E-state index in [0.29, 0.717) is 5.17 Å². The summed E-state index contributed by atoms with van der Waals surface area (Å²) in [4.78, 5) is 8.33. The van der Waals surface area contributed by atoms with Gasteiger partial charge in [0.15, 0.2) is 10.3 Å². The van der Waals surface area contributed by atoms with E-state index in [0.717, 1.165) is 28.8 Å². The standard InChI is InChI=1S/C10H18N4S2/c1-8-7-14(3)10(13-8)16-6-4-5-15-9(11)12-2/h7H,4-6H2,1-3H3,(H2,11,12). The minimum Gasteiger partial charge on any atom is -0.379 e. The molecule has 4 nitrogen and oxygen atoms in total. The summed E-state index contributed by atoms with van der Waals surface area (Å²) in [6, 6.07) is 0. The third kappa shape index (κ3) is 4.49. The van der Waals surface area contributed by atoms with Crippen molar-refractivity contribution in [3.8, 4) is 0 Å². The Hall–Kier alpha value is -0.620. The third-order valence-electron chi connectivity index (χ3n) is 1.94. The molecular formula is C10H18N4S2. The Bertz CT molecular complexity index is 360. The van der Waals surface area contributed by atoms with Crippen LogP contribution in [0.5, 0.6) is 0 Å². The lowest BCUT2D eigenvalue weighted by Crippen LogP contribution is -2.06. The molecular weight excluding hydrogens is 240 g/mol. The zero-order valence-corrected chi connectivity index (χ0v) is 11.6. The second-order valence-corrected chi connectivity index (χ2v) is 5.57. The van der Waals surface area contributed by atoms with E-state index in [-0.39, 0.29) is 0 Å². The van der Waals surface area contributed by atoms with Crippen LogP contribution >= 0.6 is 23.5 Å². The normalized spacial score (nSPS) is 12.1. The lowest BCUT2D eigenvalue weighted by atomic mass is 10.6. The lowest BCUT2D eigenvalue weighted by Gasteiger charge is -2.01. The van der Waals surface area contributed by atoms with Crippen LogP contribution in [0.2, 0.25) is 0 Å². The molecule has 16 heavy (non-hydrogen) atoms. The van der Waals surface area contributed by atoms with Crippen LogP contribution in [0.1, 0.15) is 12.1 Å². The van der Waals surface area contributed by atoms with E-state index in [4.69, 9.17) is 5.73 Å². The van der Waals surface area contributed by atoms with Crippen LogP contribution in [-0.4, -0.2) is 33.3 Å². The second kappa shape index (κ2) is 6.85. The van der Waals surface area contributed by atoms with Crippen molar-refractivity contribution in [3.63, 3.8) is 0 Å². The van der Waals surface area contributed by atoms with Gasteiger partial charge in [-0.05, 0) is 13.3 Å². The van der Waals surface area contributed by atoms with E-state index in [2.05, 4.69) is 14.5 Å². The Morgan fingerprint density at radius 2 is 2.31 bits per heavy atom. The molecule has 0 aromatic carbocycles. The number of aromatic nitrogens is 2. The molecule has 1 heterocycles. The van der Waals surface area contributed by atoms with E-state index in [1.165, 1.54) is 0 Å². The highest BCUT2D eigenvalue weighted by Crippen LogP contribution is 2.18. The summed E-state index contributed by atoms with van der Waals surface area (Å²) in [5.74, 6) is 2.08. The quantitative estimate of drug-likeness (QED) is 0.379. The Labute approximate surface area is 105 Å². The van der Waals surface area contributed by atoms with Crippen LogP contribution in [0.25, 0.3) is 0 Å². The molecule has 0 unspecified atom stereocenters. The molecule has 0 saturated carbocycles. The van der Waals surface area contributed by atoms with Crippen molar-refractivity contribution >= 4 is 28.7 Å². The van der Waals surface area contributed by atoms with E-state index in [9.17, 15) is 0 Å². The summed E-state index contributed by atoms with van der Waals surface area (Å²) in [7, 11) is 3.74. The highest BCUT2D eigenvalue weighted by Gasteiger charge is 2.02. The number of nitrogens with zero attached hydrogens (tertiary/aromatic N) is 3. The molecule has 0 spiro atoms. The first-order valence-corrected chi connectivity index (χ1v) is 7.08. The lowest BCUT2D eigenvalue weighted by molar-refractivity contribution is 0.789. The van der Waals surface area contributed by atoms with Gasteiger partial charge in [0.05, 0.1) is 5.69 Å². The fourth-order valence-electron chi connectivity index (χ4n) is 1.19. The molecule has 0 amide bonds. The largest absolute Gasteiger partial charge is 0.379 e. The zero-order valence-electron chi connectivity index (χ0n) is 9.93. The van der Waals surface area contributed by atoms with Gasteiger partial charge >= 0.3 is 0 Å². The smallest absolute Gasteiger partial charge is 0.167 e. The van der Waals surface area contributed by atoms with Gasteiger partial charge in [0.25, 0.3) is 0 Å². The van der Waals surface area contributed by atoms with Crippen molar-refractivity contribution in [2.24, 2.45) is 17.8 Å². The number of hydrogen-bond acceptors (Lipinski definition) is 4. The molecule has 90 valence electrons. The summed E-state index contributed by atoms with van der Waals surface area (Å²) >= 11 is 3.39. The SMILES string of the molecule is CN=C(N)SCCCSc1nc(C)cn1C. The molecule has 0 aliphatic heterocycles. The van der Waals surface area contributed by atoms with E-state index in [1.807, 2.05) is 20.2 Å². The molecule has 1 rings (SSSR count). The highest BCUT2D eigenvalue weighted by atomic mass is 32.2. The first-order chi connectivity index (χ1) is 7.63. The van der Waals surface area contributed by atoms with Crippen LogP contribution in [0, 0.1) is 6.92 Å². The molecule has 0 radical (unpaired) electrons. The molecule has 1 aromatic heterocycles. The van der Waals surface area contributed by atoms with E-state index in [1.54, 1.807) is 30.6 Å². The fourth-order valence-corrected chi connectivity index (χ4v) is 2.94. The van der Waals surface area contributed by atoms with Crippen LogP contribution in [0.4, 0.5) is 0 Å². The highest BCUT2D eigenvalue weighted by molar-refractivity contribution is 8.13. The van der Waals surface area contributed by atoms with Gasteiger partial charge in [-0.3, -0.25) is 4.99 Å². The number of aliphatic imine (C=N–C) groups is 1. The third-order valence-corrected chi connectivity index (χ3v) is 4.05. The number of imidazole rings is 1. The number of thioether (sulfide) groups is 2. The number of amidine groups is 1. The molecule has 0 aliphatic rings. The van der Waals surface area contributed by atoms with Crippen LogP contribution in [-0.2, 0) is 7.05 Å². The minimum absolute atomic E-state index is 0.665. The number of nitrogens with two attached hydrogens (primary N) is 1. The maximum atomic E-state index is 5.58. The average Bonchev–Trinajstić information content (AvgIpc) is 2.56. The Morgan fingerprint density at radius 1 is 1.56 bits per heavy atom. The summed E-state index contributed by atoms with van der Waals surface area (Å²) < 4.78 is 2.06. The average molecular weight is 258 g/mol. The summed E-state index contributed by atoms with van der Waals surface area (Å²) in [5, 5.41) is 1.75. The molecule has 0 fully saturated rings. The molecule has 0 bridgehead atoms. The summed E-state index contributed by atoms with van der Waals surface area (Å²) in [6.45, 7) is 2.01. The van der Waals surface area contributed by atoms with Crippen molar-refractivity contribution in [1.29, 1.82) is 0 Å². The molecule has 0 atom stereocenters. The topological polar surface area (TPSA) is 56.2 Å². The van der Waals surface area contributed by atoms with Crippen molar-refractivity contribution in [2.75, 3.05) is 18.6 Å². The predicted octanol–water partition coefficient (Wildman–Crippen LogP) is 1.89. The number of hydrogen-bond donors (Lipinski definition) is 1. The zero-order chi connectivity index (χ0) is 12.0. The van der Waals surface area contributed by atoms with Gasteiger partial charge in [-0.15, -0.1) is 0 Å². The predicted molar refractivity (Wildman–Crippen MR) is 73.3 cm³/mol. The second-order valence-electron chi connectivity index (χ2n) is 3.39. The number of aryl methyl sites for hydroxylation is 2. The molecule has 1 aromatic rings. The maximum Gasteiger partial charge on any atom is 0.167 e. The van der Waals surface area contributed by atoms with Gasteiger partial charge in [0.1, 0.15) is 0 Å². The molecule has 0 aliphatic carbocycles. The first-order valence-electron chi connectivity index (χ1n) is 5.11. The first kappa shape index (κ1) is 13.4. The summed E-state index contributed by atoms with van der Waals surface area (Å²) in [6.07, 6.45) is 3.15. The van der Waals surface area contributed by atoms with Gasteiger partial charge < -0.3 is 10.3 Å². The van der Waals surface area contributed by atoms with Crippen molar-refractivity contribution < 1.29 is 0 Å². The van der Waals surface area contributed by atoms with Gasteiger partial charge in [0.2, 0.25) is 0 Å².